The highest BCUT2D eigenvalue weighted by atomic mass is 16.6. The standard InChI is InChI=1S/C15H14O5/c1-17-10-8-11(16)19-13(10)14(18-2)15-12(20-15)9-6-4-3-5-7-9/h3-8,12,15H,1-2H3/b14-13-/t12-,15-/m0/s1. The van der Waals surface area contributed by atoms with Crippen molar-refractivity contribution in [2.24, 2.45) is 0 Å². The van der Waals surface area contributed by atoms with Gasteiger partial charge in [0, 0.05) is 0 Å². The molecule has 104 valence electrons. The Labute approximate surface area is 116 Å². The first-order valence-corrected chi connectivity index (χ1v) is 6.21. The molecule has 20 heavy (non-hydrogen) atoms. The summed E-state index contributed by atoms with van der Waals surface area (Å²) in [7, 11) is 3.00. The van der Waals surface area contributed by atoms with Crippen LogP contribution in [0.1, 0.15) is 11.7 Å². The third-order valence-corrected chi connectivity index (χ3v) is 3.22. The average Bonchev–Trinajstić information content (AvgIpc) is 3.17. The lowest BCUT2D eigenvalue weighted by Gasteiger charge is -2.09. The fourth-order valence-corrected chi connectivity index (χ4v) is 2.22. The van der Waals surface area contributed by atoms with Crippen LogP contribution >= 0.6 is 0 Å². The SMILES string of the molecule is COC1=CC(=O)O/C1=C(\OC)[C@H]1O[C@H]1c1ccccc1. The molecule has 1 aromatic carbocycles. The molecule has 2 atom stereocenters. The first-order chi connectivity index (χ1) is 9.74. The Balaban J connectivity index is 1.86. The van der Waals surface area contributed by atoms with Crippen LogP contribution < -0.4 is 0 Å². The number of methoxy groups -OCH3 is 2. The summed E-state index contributed by atoms with van der Waals surface area (Å²) in [6.07, 6.45) is 0.937. The summed E-state index contributed by atoms with van der Waals surface area (Å²) in [4.78, 5) is 11.3. The molecule has 0 amide bonds. The van der Waals surface area contributed by atoms with Gasteiger partial charge in [-0.05, 0) is 5.56 Å². The summed E-state index contributed by atoms with van der Waals surface area (Å²) < 4.78 is 21.2. The Morgan fingerprint density at radius 1 is 1.20 bits per heavy atom. The van der Waals surface area contributed by atoms with Crippen molar-refractivity contribution in [3.05, 3.63) is 59.2 Å². The van der Waals surface area contributed by atoms with E-state index < -0.39 is 5.97 Å². The molecule has 2 aliphatic rings. The molecular formula is C15H14O5. The van der Waals surface area contributed by atoms with Crippen LogP contribution in [-0.4, -0.2) is 26.3 Å². The van der Waals surface area contributed by atoms with E-state index in [0.717, 1.165) is 5.56 Å². The fourth-order valence-electron chi connectivity index (χ4n) is 2.22. The van der Waals surface area contributed by atoms with E-state index in [0.29, 0.717) is 17.3 Å². The van der Waals surface area contributed by atoms with Gasteiger partial charge in [0.25, 0.3) is 0 Å². The molecule has 1 saturated heterocycles. The van der Waals surface area contributed by atoms with Crippen molar-refractivity contribution in [3.63, 3.8) is 0 Å². The smallest absolute Gasteiger partial charge is 0.340 e. The number of carbonyl (C=O) groups excluding carboxylic acids is 1. The number of rotatable bonds is 4. The summed E-state index contributed by atoms with van der Waals surface area (Å²) in [5, 5.41) is 0. The van der Waals surface area contributed by atoms with Gasteiger partial charge in [-0.1, -0.05) is 30.3 Å². The van der Waals surface area contributed by atoms with Gasteiger partial charge in [0.15, 0.2) is 11.5 Å². The monoisotopic (exact) mass is 274 g/mol. The van der Waals surface area contributed by atoms with E-state index in [1.807, 2.05) is 30.3 Å². The van der Waals surface area contributed by atoms with Crippen LogP contribution in [0.25, 0.3) is 0 Å². The normalized spacial score (nSPS) is 26.7. The Hall–Kier alpha value is -2.27. The van der Waals surface area contributed by atoms with Gasteiger partial charge in [-0.3, -0.25) is 0 Å². The Kier molecular flexibility index (Phi) is 3.20. The minimum Gasteiger partial charge on any atom is -0.494 e. The number of esters is 1. The molecule has 0 unspecified atom stereocenters. The van der Waals surface area contributed by atoms with E-state index in [1.54, 1.807) is 0 Å². The van der Waals surface area contributed by atoms with Crippen LogP contribution in [0.5, 0.6) is 0 Å². The zero-order chi connectivity index (χ0) is 14.1. The second-order valence-corrected chi connectivity index (χ2v) is 4.42. The van der Waals surface area contributed by atoms with E-state index in [9.17, 15) is 4.79 Å². The van der Waals surface area contributed by atoms with E-state index in [2.05, 4.69) is 0 Å². The van der Waals surface area contributed by atoms with Crippen molar-refractivity contribution < 1.29 is 23.7 Å². The molecule has 5 heteroatoms. The molecule has 5 nitrogen and oxygen atoms in total. The highest BCUT2D eigenvalue weighted by Crippen LogP contribution is 2.45. The molecule has 0 spiro atoms. The lowest BCUT2D eigenvalue weighted by Crippen LogP contribution is -2.06. The van der Waals surface area contributed by atoms with Crippen LogP contribution in [0.3, 0.4) is 0 Å². The zero-order valence-electron chi connectivity index (χ0n) is 11.2. The number of cyclic esters (lactones) is 1. The molecule has 0 aliphatic carbocycles. The summed E-state index contributed by atoms with van der Waals surface area (Å²) in [6, 6.07) is 9.81. The number of ether oxygens (including phenoxy) is 4. The van der Waals surface area contributed by atoms with Crippen molar-refractivity contribution in [1.82, 2.24) is 0 Å². The quantitative estimate of drug-likeness (QED) is 0.478. The third kappa shape index (κ3) is 2.16. The van der Waals surface area contributed by atoms with Gasteiger partial charge in [0.2, 0.25) is 5.76 Å². The van der Waals surface area contributed by atoms with Gasteiger partial charge in [-0.2, -0.15) is 0 Å². The molecule has 0 N–H and O–H groups in total. The Morgan fingerprint density at radius 2 is 1.95 bits per heavy atom. The molecule has 0 radical (unpaired) electrons. The molecule has 2 aliphatic heterocycles. The van der Waals surface area contributed by atoms with Gasteiger partial charge in [0.1, 0.15) is 12.2 Å². The van der Waals surface area contributed by atoms with E-state index in [-0.39, 0.29) is 12.2 Å². The van der Waals surface area contributed by atoms with Crippen LogP contribution in [0, 0.1) is 0 Å². The second kappa shape index (κ2) is 5.02. The third-order valence-electron chi connectivity index (χ3n) is 3.22. The average molecular weight is 274 g/mol. The fraction of sp³-hybridized carbons (Fsp3) is 0.267. The van der Waals surface area contributed by atoms with Crippen LogP contribution in [-0.2, 0) is 23.7 Å². The number of hydrogen-bond acceptors (Lipinski definition) is 5. The van der Waals surface area contributed by atoms with Gasteiger partial charge in [0.05, 0.1) is 20.3 Å². The number of benzene rings is 1. The van der Waals surface area contributed by atoms with Crippen molar-refractivity contribution in [1.29, 1.82) is 0 Å². The minimum atomic E-state index is -0.469. The maximum absolute atomic E-state index is 11.3. The van der Waals surface area contributed by atoms with Crippen molar-refractivity contribution >= 4 is 5.97 Å². The molecule has 3 rings (SSSR count). The number of epoxide rings is 1. The summed E-state index contributed by atoms with van der Waals surface area (Å²) in [6.45, 7) is 0. The summed E-state index contributed by atoms with van der Waals surface area (Å²) in [5.41, 5.74) is 1.06. The Bertz CT molecular complexity index is 588. The van der Waals surface area contributed by atoms with Crippen molar-refractivity contribution in [2.75, 3.05) is 14.2 Å². The molecule has 1 aromatic rings. The number of hydrogen-bond donors (Lipinski definition) is 0. The van der Waals surface area contributed by atoms with Gasteiger partial charge < -0.3 is 18.9 Å². The first kappa shape index (κ1) is 12.7. The maximum atomic E-state index is 11.3. The first-order valence-electron chi connectivity index (χ1n) is 6.21. The van der Waals surface area contributed by atoms with Gasteiger partial charge >= 0.3 is 5.97 Å². The van der Waals surface area contributed by atoms with Gasteiger partial charge in [-0.15, -0.1) is 0 Å². The van der Waals surface area contributed by atoms with Crippen LogP contribution in [0.2, 0.25) is 0 Å². The molecule has 0 bridgehead atoms. The number of carbonyl (C=O) groups is 1. The van der Waals surface area contributed by atoms with E-state index in [1.165, 1.54) is 20.3 Å². The van der Waals surface area contributed by atoms with E-state index >= 15 is 0 Å². The lowest BCUT2D eigenvalue weighted by atomic mass is 10.1. The molecule has 0 aromatic heterocycles. The summed E-state index contributed by atoms with van der Waals surface area (Å²) in [5.74, 6) is 0.652. The van der Waals surface area contributed by atoms with Crippen molar-refractivity contribution in [2.45, 2.75) is 12.2 Å². The zero-order valence-corrected chi connectivity index (χ0v) is 11.2. The molecule has 0 saturated carbocycles. The van der Waals surface area contributed by atoms with Crippen LogP contribution in [0.15, 0.2) is 53.7 Å². The highest BCUT2D eigenvalue weighted by molar-refractivity contribution is 5.87. The van der Waals surface area contributed by atoms with Crippen molar-refractivity contribution in [3.8, 4) is 0 Å². The van der Waals surface area contributed by atoms with Gasteiger partial charge in [-0.25, -0.2) is 4.79 Å². The van der Waals surface area contributed by atoms with E-state index in [4.69, 9.17) is 18.9 Å². The lowest BCUT2D eigenvalue weighted by molar-refractivity contribution is -0.132. The molecule has 2 heterocycles. The summed E-state index contributed by atoms with van der Waals surface area (Å²) >= 11 is 0. The molecular weight excluding hydrogens is 260 g/mol. The largest absolute Gasteiger partial charge is 0.494 e. The highest BCUT2D eigenvalue weighted by Gasteiger charge is 2.47. The molecule has 1 fully saturated rings. The Morgan fingerprint density at radius 3 is 2.60 bits per heavy atom. The second-order valence-electron chi connectivity index (χ2n) is 4.42. The predicted octanol–water partition coefficient (Wildman–Crippen LogP) is 2.07. The maximum Gasteiger partial charge on any atom is 0.340 e. The van der Waals surface area contributed by atoms with Crippen LogP contribution in [0.4, 0.5) is 0 Å². The topological polar surface area (TPSA) is 57.3 Å². The minimum absolute atomic E-state index is 0.0870. The predicted molar refractivity (Wildman–Crippen MR) is 69.3 cm³/mol.